The Morgan fingerprint density at radius 2 is 1.33 bits per heavy atom. The molecule has 0 aromatic heterocycles. The minimum absolute atomic E-state index is 0.0767. The number of benzene rings is 1. The van der Waals surface area contributed by atoms with E-state index < -0.39 is 15.3 Å². The molecule has 0 spiro atoms. The Labute approximate surface area is 162 Å². The highest BCUT2D eigenvalue weighted by molar-refractivity contribution is 7.55. The maximum absolute atomic E-state index is 13.0. The third-order valence-corrected chi connectivity index (χ3v) is 7.16. The largest absolute Gasteiger partial charge is 0.453 e. The molecule has 0 aliphatic carbocycles. The summed E-state index contributed by atoms with van der Waals surface area (Å²) < 4.78 is 51.4. The summed E-state index contributed by atoms with van der Waals surface area (Å²) in [5.74, 6) is 0. The van der Waals surface area contributed by atoms with Gasteiger partial charge in [-0.25, -0.2) is 4.57 Å². The lowest BCUT2D eigenvalue weighted by atomic mass is 10.1. The SMILES string of the molecule is CCOP(=O)(C/C(Cc1ccc(C)cc1)=N/P(=O)(OCC)OCC)OCC. The lowest BCUT2D eigenvalue weighted by Crippen LogP contribution is -2.14. The molecule has 0 amide bonds. The van der Waals surface area contributed by atoms with Crippen molar-refractivity contribution in [3.05, 3.63) is 35.4 Å². The monoisotopic (exact) mass is 419 g/mol. The third-order valence-electron chi connectivity index (χ3n) is 3.40. The molecule has 9 heteroatoms. The fraction of sp³-hybridized carbons (Fsp3) is 0.611. The molecule has 0 aliphatic heterocycles. The van der Waals surface area contributed by atoms with E-state index in [0.717, 1.165) is 11.1 Å². The van der Waals surface area contributed by atoms with Gasteiger partial charge in [-0.3, -0.25) is 13.6 Å². The quantitative estimate of drug-likeness (QED) is 0.313. The van der Waals surface area contributed by atoms with E-state index >= 15 is 0 Å². The smallest absolute Gasteiger partial charge is 0.309 e. The van der Waals surface area contributed by atoms with Crippen molar-refractivity contribution in [1.82, 2.24) is 0 Å². The van der Waals surface area contributed by atoms with E-state index in [9.17, 15) is 9.13 Å². The van der Waals surface area contributed by atoms with Crippen molar-refractivity contribution in [2.75, 3.05) is 32.6 Å². The molecule has 0 bridgehead atoms. The molecule has 27 heavy (non-hydrogen) atoms. The van der Waals surface area contributed by atoms with Crippen molar-refractivity contribution >= 4 is 21.1 Å². The fourth-order valence-electron chi connectivity index (χ4n) is 2.40. The summed E-state index contributed by atoms with van der Waals surface area (Å²) in [4.78, 5) is 0. The first kappa shape index (κ1) is 24.2. The van der Waals surface area contributed by atoms with E-state index in [0.29, 0.717) is 12.1 Å². The zero-order valence-corrected chi connectivity index (χ0v) is 18.6. The summed E-state index contributed by atoms with van der Waals surface area (Å²) >= 11 is 0. The molecule has 0 aliphatic rings. The molecule has 1 aromatic carbocycles. The average molecular weight is 419 g/mol. The Morgan fingerprint density at radius 3 is 1.78 bits per heavy atom. The predicted octanol–water partition coefficient (Wildman–Crippen LogP) is 5.43. The van der Waals surface area contributed by atoms with E-state index in [1.807, 2.05) is 31.2 Å². The van der Waals surface area contributed by atoms with E-state index in [-0.39, 0.29) is 32.6 Å². The predicted molar refractivity (Wildman–Crippen MR) is 109 cm³/mol. The van der Waals surface area contributed by atoms with Gasteiger partial charge in [0.05, 0.1) is 32.6 Å². The second kappa shape index (κ2) is 11.9. The summed E-state index contributed by atoms with van der Waals surface area (Å²) in [6, 6.07) is 7.84. The molecule has 0 heterocycles. The highest BCUT2D eigenvalue weighted by Crippen LogP contribution is 2.53. The lowest BCUT2D eigenvalue weighted by molar-refractivity contribution is 0.221. The van der Waals surface area contributed by atoms with Crippen LogP contribution in [0.2, 0.25) is 0 Å². The molecule has 0 fully saturated rings. The van der Waals surface area contributed by atoms with Gasteiger partial charge in [-0.15, -0.1) is 0 Å². The minimum atomic E-state index is -3.69. The van der Waals surface area contributed by atoms with Crippen molar-refractivity contribution in [3.8, 4) is 0 Å². The first-order chi connectivity index (χ1) is 12.8. The van der Waals surface area contributed by atoms with E-state index in [2.05, 4.69) is 4.76 Å². The zero-order chi connectivity index (χ0) is 20.3. The molecule has 1 rings (SSSR count). The molecular formula is C18H31NO6P2. The van der Waals surface area contributed by atoms with Crippen molar-refractivity contribution in [2.45, 2.75) is 41.0 Å². The number of hydrogen-bond acceptors (Lipinski definition) is 6. The molecule has 154 valence electrons. The Kier molecular flexibility index (Phi) is 10.7. The van der Waals surface area contributed by atoms with Gasteiger partial charge in [0.25, 0.3) is 0 Å². The first-order valence-corrected chi connectivity index (χ1v) is 12.4. The van der Waals surface area contributed by atoms with Gasteiger partial charge in [0.1, 0.15) is 0 Å². The zero-order valence-electron chi connectivity index (χ0n) is 16.8. The number of rotatable bonds is 13. The summed E-state index contributed by atoms with van der Waals surface area (Å²) in [5.41, 5.74) is 2.47. The van der Waals surface area contributed by atoms with Gasteiger partial charge in [0, 0.05) is 12.1 Å². The molecule has 0 unspecified atom stereocenters. The summed E-state index contributed by atoms with van der Waals surface area (Å²) in [5, 5.41) is 0. The van der Waals surface area contributed by atoms with Crippen molar-refractivity contribution in [3.63, 3.8) is 0 Å². The van der Waals surface area contributed by atoms with E-state index in [1.165, 1.54) is 0 Å². The second-order valence-electron chi connectivity index (χ2n) is 5.74. The van der Waals surface area contributed by atoms with Crippen molar-refractivity contribution in [2.24, 2.45) is 4.76 Å². The van der Waals surface area contributed by atoms with Gasteiger partial charge in [0.15, 0.2) is 0 Å². The molecule has 7 nitrogen and oxygen atoms in total. The maximum atomic E-state index is 13.0. The highest BCUT2D eigenvalue weighted by Gasteiger charge is 2.30. The number of nitrogens with zero attached hydrogens (tertiary/aromatic N) is 1. The number of hydrogen-bond donors (Lipinski definition) is 0. The third kappa shape index (κ3) is 8.82. The van der Waals surface area contributed by atoms with Crippen LogP contribution in [0.5, 0.6) is 0 Å². The number of aryl methyl sites for hydroxylation is 1. The summed E-state index contributed by atoms with van der Waals surface area (Å²) in [6.45, 7) is 9.77. The second-order valence-corrected chi connectivity index (χ2v) is 9.45. The van der Waals surface area contributed by atoms with Crippen LogP contribution in [0, 0.1) is 6.92 Å². The summed E-state index contributed by atoms with van der Waals surface area (Å²) in [7, 11) is -7.10. The van der Waals surface area contributed by atoms with E-state index in [1.54, 1.807) is 27.7 Å². The fourth-order valence-corrected chi connectivity index (χ4v) is 5.52. The Morgan fingerprint density at radius 1 is 0.852 bits per heavy atom. The Balaban J connectivity index is 3.24. The molecular weight excluding hydrogens is 388 g/mol. The molecule has 0 radical (unpaired) electrons. The van der Waals surface area contributed by atoms with E-state index in [4.69, 9.17) is 18.1 Å². The van der Waals surface area contributed by atoms with Crippen LogP contribution in [0.4, 0.5) is 0 Å². The lowest BCUT2D eigenvalue weighted by Gasteiger charge is -2.20. The Hall–Kier alpha value is -0.810. The topological polar surface area (TPSA) is 83.4 Å². The van der Waals surface area contributed by atoms with Gasteiger partial charge < -0.3 is 9.05 Å². The van der Waals surface area contributed by atoms with Gasteiger partial charge in [-0.05, 0) is 40.2 Å². The van der Waals surface area contributed by atoms with Crippen LogP contribution < -0.4 is 0 Å². The minimum Gasteiger partial charge on any atom is -0.309 e. The summed E-state index contributed by atoms with van der Waals surface area (Å²) in [6.07, 6.45) is 0.265. The first-order valence-electron chi connectivity index (χ1n) is 9.20. The van der Waals surface area contributed by atoms with Gasteiger partial charge >= 0.3 is 15.3 Å². The van der Waals surface area contributed by atoms with Crippen LogP contribution in [-0.2, 0) is 33.6 Å². The van der Waals surface area contributed by atoms with Crippen molar-refractivity contribution in [1.29, 1.82) is 0 Å². The van der Waals surface area contributed by atoms with Crippen LogP contribution in [-0.4, -0.2) is 38.3 Å². The van der Waals surface area contributed by atoms with Crippen LogP contribution >= 0.6 is 15.3 Å². The van der Waals surface area contributed by atoms with Crippen LogP contribution in [0.3, 0.4) is 0 Å². The van der Waals surface area contributed by atoms with Crippen molar-refractivity contribution < 1.29 is 27.2 Å². The Bertz CT molecular complexity index is 670. The van der Waals surface area contributed by atoms with Crippen LogP contribution in [0.15, 0.2) is 29.0 Å². The van der Waals surface area contributed by atoms with Gasteiger partial charge in [-0.1, -0.05) is 29.8 Å². The average Bonchev–Trinajstić information content (AvgIpc) is 2.57. The molecule has 0 saturated heterocycles. The maximum Gasteiger partial charge on any atom is 0.453 e. The van der Waals surface area contributed by atoms with Crippen LogP contribution in [0.25, 0.3) is 0 Å². The molecule has 0 N–H and O–H groups in total. The molecule has 1 aromatic rings. The highest BCUT2D eigenvalue weighted by atomic mass is 31.2. The molecule has 0 atom stereocenters. The molecule has 0 saturated carbocycles. The normalized spacial score (nSPS) is 13.1. The van der Waals surface area contributed by atoms with Crippen LogP contribution in [0.1, 0.15) is 38.8 Å². The standard InChI is InChI=1S/C18H31NO6P2/c1-6-22-26(20,23-7-2)15-18(14-17-12-10-16(5)11-13-17)19-27(21,24-8-3)25-9-4/h10-13H,6-9,14-15H2,1-5H3/b19-18+. The van der Waals surface area contributed by atoms with Gasteiger partial charge in [0.2, 0.25) is 0 Å². The van der Waals surface area contributed by atoms with Gasteiger partial charge in [-0.2, -0.15) is 4.76 Å².